The molecule has 0 saturated heterocycles. The van der Waals surface area contributed by atoms with Gasteiger partial charge in [-0.15, -0.1) is 24.0 Å². The van der Waals surface area contributed by atoms with Crippen molar-refractivity contribution in [2.45, 2.75) is 25.8 Å². The maximum Gasteiger partial charge on any atom is 0.189 e. The molecule has 0 saturated carbocycles. The quantitative estimate of drug-likeness (QED) is 0.302. The number of aliphatic imine (C=N–C) groups is 1. The number of H-pyrrole nitrogens is 1. The van der Waals surface area contributed by atoms with E-state index < -0.39 is 0 Å². The highest BCUT2D eigenvalue weighted by Gasteiger charge is 2.21. The van der Waals surface area contributed by atoms with Gasteiger partial charge >= 0.3 is 0 Å². The van der Waals surface area contributed by atoms with Gasteiger partial charge in [0, 0.05) is 35.6 Å². The van der Waals surface area contributed by atoms with Crippen LogP contribution in [0.1, 0.15) is 29.2 Å². The average molecular weight is 476 g/mol. The maximum atomic E-state index is 6.13. The number of rotatable bonds is 4. The Morgan fingerprint density at radius 2 is 2.11 bits per heavy atom. The number of ether oxygens (including phenoxy) is 1. The zero-order chi connectivity index (χ0) is 17.9. The van der Waals surface area contributed by atoms with Crippen molar-refractivity contribution in [3.8, 4) is 5.75 Å². The van der Waals surface area contributed by atoms with E-state index in [0.717, 1.165) is 24.2 Å². The smallest absolute Gasteiger partial charge is 0.189 e. The molecule has 0 aliphatic carbocycles. The summed E-state index contributed by atoms with van der Waals surface area (Å²) in [5, 5.41) is 4.61. The molecule has 0 fully saturated rings. The van der Waals surface area contributed by atoms with Crippen LogP contribution >= 0.6 is 24.0 Å². The molecule has 1 aliphatic rings. The maximum absolute atomic E-state index is 6.13. The molecule has 1 aromatic heterocycles. The van der Waals surface area contributed by atoms with Gasteiger partial charge in [0.05, 0.1) is 12.6 Å². The van der Waals surface area contributed by atoms with Crippen molar-refractivity contribution in [1.29, 1.82) is 0 Å². The molecular weight excluding hydrogens is 451 g/mol. The standard InChI is InChI=1S/C21H24N4O.HI/c1-14-5-4-7-16-15(13-24-20(14)16)9-11-23-21(22)25-18-10-12-26-19-8-3-2-6-17(18)19;/h2-8,13,18,24H,9-12H2,1H3,(H3,22,23,25);1H. The number of aromatic amines is 1. The van der Waals surface area contributed by atoms with E-state index >= 15 is 0 Å². The minimum absolute atomic E-state index is 0. The third-order valence-electron chi connectivity index (χ3n) is 4.95. The van der Waals surface area contributed by atoms with Crippen LogP contribution in [0.2, 0.25) is 0 Å². The van der Waals surface area contributed by atoms with Gasteiger partial charge in [-0.05, 0) is 30.5 Å². The molecule has 4 N–H and O–H groups in total. The van der Waals surface area contributed by atoms with Gasteiger partial charge in [-0.2, -0.15) is 0 Å². The summed E-state index contributed by atoms with van der Waals surface area (Å²) >= 11 is 0. The van der Waals surface area contributed by atoms with Crippen molar-refractivity contribution in [2.75, 3.05) is 13.2 Å². The van der Waals surface area contributed by atoms with Crippen LogP contribution in [-0.4, -0.2) is 24.1 Å². The second kappa shape index (κ2) is 8.65. The highest BCUT2D eigenvalue weighted by molar-refractivity contribution is 14.0. The molecule has 0 radical (unpaired) electrons. The zero-order valence-corrected chi connectivity index (χ0v) is 17.7. The Labute approximate surface area is 176 Å². The number of aromatic nitrogens is 1. The monoisotopic (exact) mass is 476 g/mol. The number of benzene rings is 2. The lowest BCUT2D eigenvalue weighted by atomic mass is 10.0. The normalized spacial score (nSPS) is 16.3. The third kappa shape index (κ3) is 4.21. The van der Waals surface area contributed by atoms with Gasteiger partial charge in [-0.1, -0.05) is 36.4 Å². The molecule has 6 heteroatoms. The molecular formula is C21H25IN4O. The Morgan fingerprint density at radius 3 is 3.00 bits per heavy atom. The largest absolute Gasteiger partial charge is 0.493 e. The molecule has 0 amide bonds. The van der Waals surface area contributed by atoms with Crippen molar-refractivity contribution in [3.63, 3.8) is 0 Å². The second-order valence-corrected chi connectivity index (χ2v) is 6.70. The van der Waals surface area contributed by atoms with Crippen LogP contribution in [0.4, 0.5) is 0 Å². The minimum Gasteiger partial charge on any atom is -0.493 e. The zero-order valence-electron chi connectivity index (χ0n) is 15.4. The van der Waals surface area contributed by atoms with E-state index in [-0.39, 0.29) is 30.0 Å². The Balaban J connectivity index is 0.00000210. The fourth-order valence-corrected chi connectivity index (χ4v) is 3.58. The van der Waals surface area contributed by atoms with E-state index in [1.54, 1.807) is 0 Å². The predicted octanol–water partition coefficient (Wildman–Crippen LogP) is 4.06. The molecule has 0 spiro atoms. The van der Waals surface area contributed by atoms with Crippen LogP contribution in [-0.2, 0) is 6.42 Å². The number of halogens is 1. The third-order valence-corrected chi connectivity index (χ3v) is 4.95. The lowest BCUT2D eigenvalue weighted by Crippen LogP contribution is -2.37. The van der Waals surface area contributed by atoms with Crippen LogP contribution in [0.25, 0.3) is 10.9 Å². The fourth-order valence-electron chi connectivity index (χ4n) is 3.58. The van der Waals surface area contributed by atoms with E-state index in [1.165, 1.54) is 22.0 Å². The first-order valence-electron chi connectivity index (χ1n) is 9.06. The van der Waals surface area contributed by atoms with Gasteiger partial charge in [0.2, 0.25) is 0 Å². The van der Waals surface area contributed by atoms with Crippen molar-refractivity contribution >= 4 is 40.8 Å². The van der Waals surface area contributed by atoms with E-state index in [2.05, 4.69) is 52.7 Å². The molecule has 1 unspecified atom stereocenters. The van der Waals surface area contributed by atoms with Crippen LogP contribution < -0.4 is 15.8 Å². The summed E-state index contributed by atoms with van der Waals surface area (Å²) in [5.41, 5.74) is 11.0. The van der Waals surface area contributed by atoms with Gasteiger partial charge in [0.15, 0.2) is 5.96 Å². The van der Waals surface area contributed by atoms with Crippen molar-refractivity contribution < 1.29 is 4.74 Å². The van der Waals surface area contributed by atoms with Crippen LogP contribution in [0.5, 0.6) is 5.75 Å². The highest BCUT2D eigenvalue weighted by Crippen LogP contribution is 2.31. The first-order valence-corrected chi connectivity index (χ1v) is 9.06. The van der Waals surface area contributed by atoms with E-state index in [4.69, 9.17) is 10.5 Å². The first kappa shape index (κ1) is 19.5. The molecule has 142 valence electrons. The topological polar surface area (TPSA) is 75.4 Å². The summed E-state index contributed by atoms with van der Waals surface area (Å²) < 4.78 is 5.69. The van der Waals surface area contributed by atoms with Gasteiger partial charge in [-0.25, -0.2) is 0 Å². The Morgan fingerprint density at radius 1 is 1.26 bits per heavy atom. The Bertz CT molecular complexity index is 950. The number of guanidine groups is 1. The summed E-state index contributed by atoms with van der Waals surface area (Å²) in [7, 11) is 0. The lowest BCUT2D eigenvalue weighted by molar-refractivity contribution is 0.262. The molecule has 5 nitrogen and oxygen atoms in total. The molecule has 3 aromatic rings. The molecule has 1 aliphatic heterocycles. The van der Waals surface area contributed by atoms with E-state index in [9.17, 15) is 0 Å². The first-order chi connectivity index (χ1) is 12.7. The average Bonchev–Trinajstić information content (AvgIpc) is 3.07. The predicted molar refractivity (Wildman–Crippen MR) is 121 cm³/mol. The second-order valence-electron chi connectivity index (χ2n) is 6.70. The molecule has 4 rings (SSSR count). The van der Waals surface area contributed by atoms with Crippen LogP contribution in [0.3, 0.4) is 0 Å². The highest BCUT2D eigenvalue weighted by atomic mass is 127. The van der Waals surface area contributed by atoms with Crippen molar-refractivity contribution in [3.05, 3.63) is 65.4 Å². The number of aryl methyl sites for hydroxylation is 1. The Hall–Kier alpha value is -2.22. The van der Waals surface area contributed by atoms with Gasteiger partial charge < -0.3 is 20.8 Å². The SMILES string of the molecule is Cc1cccc2c(CCN=C(N)NC3CCOc4ccccc43)c[nH]c12.I. The molecule has 2 aromatic carbocycles. The fraction of sp³-hybridized carbons (Fsp3) is 0.286. The number of para-hydroxylation sites is 2. The van der Waals surface area contributed by atoms with Crippen molar-refractivity contribution in [1.82, 2.24) is 10.3 Å². The molecule has 0 bridgehead atoms. The summed E-state index contributed by atoms with van der Waals surface area (Å²) in [6.07, 6.45) is 3.82. The summed E-state index contributed by atoms with van der Waals surface area (Å²) in [4.78, 5) is 7.89. The Kier molecular flexibility index (Phi) is 6.26. The number of nitrogens with zero attached hydrogens (tertiary/aromatic N) is 1. The molecule has 1 atom stereocenters. The summed E-state index contributed by atoms with van der Waals surface area (Å²) in [5.74, 6) is 1.42. The van der Waals surface area contributed by atoms with E-state index in [0.29, 0.717) is 19.1 Å². The number of fused-ring (bicyclic) bond motifs is 2. The van der Waals surface area contributed by atoms with Crippen LogP contribution in [0.15, 0.2) is 53.7 Å². The van der Waals surface area contributed by atoms with Gasteiger partial charge in [-0.3, -0.25) is 4.99 Å². The lowest BCUT2D eigenvalue weighted by Gasteiger charge is -2.26. The van der Waals surface area contributed by atoms with Gasteiger partial charge in [0.1, 0.15) is 5.75 Å². The van der Waals surface area contributed by atoms with Crippen molar-refractivity contribution in [2.24, 2.45) is 10.7 Å². The number of hydrogen-bond acceptors (Lipinski definition) is 2. The van der Waals surface area contributed by atoms with E-state index in [1.807, 2.05) is 18.2 Å². The number of nitrogens with two attached hydrogens (primary N) is 1. The summed E-state index contributed by atoms with van der Waals surface area (Å²) in [6, 6.07) is 14.6. The molecule has 27 heavy (non-hydrogen) atoms. The van der Waals surface area contributed by atoms with Crippen LogP contribution in [0, 0.1) is 6.92 Å². The number of nitrogens with one attached hydrogen (secondary N) is 2. The minimum atomic E-state index is 0. The summed E-state index contributed by atoms with van der Waals surface area (Å²) in [6.45, 7) is 3.47. The van der Waals surface area contributed by atoms with Gasteiger partial charge in [0.25, 0.3) is 0 Å². The molecule has 2 heterocycles. The number of hydrogen-bond donors (Lipinski definition) is 3.